The number of hydrogen-bond acceptors (Lipinski definition) is 3. The third-order valence-corrected chi connectivity index (χ3v) is 4.83. The maximum absolute atomic E-state index is 12.8. The summed E-state index contributed by atoms with van der Waals surface area (Å²) in [7, 11) is -3.01. The van der Waals surface area contributed by atoms with Crippen LogP contribution in [0.4, 0.5) is 4.39 Å². The first kappa shape index (κ1) is 12.5. The highest BCUT2D eigenvalue weighted by Gasteiger charge is 2.30. The fourth-order valence-electron chi connectivity index (χ4n) is 2.13. The Labute approximate surface area is 101 Å². The number of benzene rings is 1. The Balaban J connectivity index is 2.23. The van der Waals surface area contributed by atoms with Crippen LogP contribution in [0.25, 0.3) is 0 Å². The molecule has 0 saturated carbocycles. The Bertz CT molecular complexity index is 484. The third kappa shape index (κ3) is 3.04. The number of rotatable bonds is 2. The molecule has 0 aliphatic carbocycles. The summed E-state index contributed by atoms with van der Waals surface area (Å²) >= 11 is 0. The number of hydrogen-bond donors (Lipinski definition) is 1. The van der Waals surface area contributed by atoms with Crippen LogP contribution in [-0.4, -0.2) is 26.0 Å². The van der Waals surface area contributed by atoms with Crippen LogP contribution in [0, 0.1) is 5.82 Å². The van der Waals surface area contributed by atoms with Gasteiger partial charge in [0, 0.05) is 12.1 Å². The summed E-state index contributed by atoms with van der Waals surface area (Å²) in [6, 6.07) is 5.77. The van der Waals surface area contributed by atoms with Crippen LogP contribution in [0.3, 0.4) is 0 Å². The van der Waals surface area contributed by atoms with E-state index >= 15 is 0 Å². The van der Waals surface area contributed by atoms with E-state index in [1.807, 2.05) is 6.92 Å². The first-order valence-corrected chi connectivity index (χ1v) is 7.54. The average Bonchev–Trinajstić information content (AvgIpc) is 2.27. The van der Waals surface area contributed by atoms with Crippen molar-refractivity contribution in [3.8, 4) is 0 Å². The molecular formula is C12H16FNO2S. The minimum Gasteiger partial charge on any atom is -0.305 e. The predicted molar refractivity (Wildman–Crippen MR) is 65.0 cm³/mol. The Hall–Kier alpha value is -0.940. The lowest BCUT2D eigenvalue weighted by atomic mass is 10.1. The van der Waals surface area contributed by atoms with E-state index in [9.17, 15) is 12.8 Å². The van der Waals surface area contributed by atoms with Crippen LogP contribution in [-0.2, 0) is 9.84 Å². The van der Waals surface area contributed by atoms with Gasteiger partial charge in [0.1, 0.15) is 5.82 Å². The summed E-state index contributed by atoms with van der Waals surface area (Å²) in [4.78, 5) is 0. The first-order valence-electron chi connectivity index (χ1n) is 5.72. The Morgan fingerprint density at radius 2 is 1.94 bits per heavy atom. The van der Waals surface area contributed by atoms with Crippen molar-refractivity contribution in [3.63, 3.8) is 0 Å². The molecule has 1 fully saturated rings. The molecule has 1 aliphatic rings. The van der Waals surface area contributed by atoms with Crippen LogP contribution in [0.2, 0.25) is 0 Å². The monoisotopic (exact) mass is 257 g/mol. The lowest BCUT2D eigenvalue weighted by Crippen LogP contribution is -2.46. The van der Waals surface area contributed by atoms with E-state index < -0.39 is 9.84 Å². The van der Waals surface area contributed by atoms with Crippen molar-refractivity contribution in [2.75, 3.05) is 11.5 Å². The first-order chi connectivity index (χ1) is 8.00. The van der Waals surface area contributed by atoms with E-state index in [-0.39, 0.29) is 29.4 Å². The van der Waals surface area contributed by atoms with Gasteiger partial charge >= 0.3 is 0 Å². The smallest absolute Gasteiger partial charge is 0.153 e. The van der Waals surface area contributed by atoms with Crippen LogP contribution >= 0.6 is 0 Å². The molecule has 0 spiro atoms. The zero-order valence-corrected chi connectivity index (χ0v) is 10.5. The van der Waals surface area contributed by atoms with Gasteiger partial charge in [0.05, 0.1) is 11.5 Å². The molecule has 94 valence electrons. The van der Waals surface area contributed by atoms with E-state index in [4.69, 9.17) is 0 Å². The van der Waals surface area contributed by atoms with Crippen molar-refractivity contribution in [1.29, 1.82) is 0 Å². The van der Waals surface area contributed by atoms with Gasteiger partial charge in [-0.1, -0.05) is 19.1 Å². The van der Waals surface area contributed by atoms with Gasteiger partial charge in [0.25, 0.3) is 0 Å². The van der Waals surface area contributed by atoms with Gasteiger partial charge in [-0.2, -0.15) is 0 Å². The van der Waals surface area contributed by atoms with Crippen LogP contribution < -0.4 is 5.32 Å². The molecular weight excluding hydrogens is 241 g/mol. The van der Waals surface area contributed by atoms with E-state index in [1.54, 1.807) is 12.1 Å². The largest absolute Gasteiger partial charge is 0.305 e. The second kappa shape index (κ2) is 4.74. The van der Waals surface area contributed by atoms with Crippen molar-refractivity contribution in [2.45, 2.75) is 25.4 Å². The SMILES string of the molecule is CCC1CS(=O)(=O)CC(c2ccc(F)cc2)N1. The quantitative estimate of drug-likeness (QED) is 0.876. The zero-order valence-electron chi connectivity index (χ0n) is 9.69. The van der Waals surface area contributed by atoms with Gasteiger partial charge in [-0.3, -0.25) is 0 Å². The lowest BCUT2D eigenvalue weighted by molar-refractivity contribution is 0.440. The molecule has 1 heterocycles. The van der Waals surface area contributed by atoms with E-state index in [1.165, 1.54) is 12.1 Å². The molecule has 3 nitrogen and oxygen atoms in total. The summed E-state index contributed by atoms with van der Waals surface area (Å²) in [5, 5.41) is 3.29. The summed E-state index contributed by atoms with van der Waals surface area (Å²) in [6.45, 7) is 1.96. The lowest BCUT2D eigenvalue weighted by Gasteiger charge is -2.30. The highest BCUT2D eigenvalue weighted by molar-refractivity contribution is 7.91. The minimum absolute atomic E-state index is 0.0104. The van der Waals surface area contributed by atoms with E-state index in [0.29, 0.717) is 0 Å². The maximum atomic E-state index is 12.8. The molecule has 0 amide bonds. The average molecular weight is 257 g/mol. The molecule has 17 heavy (non-hydrogen) atoms. The molecule has 1 N–H and O–H groups in total. The van der Waals surface area contributed by atoms with Gasteiger partial charge in [-0.05, 0) is 24.1 Å². The van der Waals surface area contributed by atoms with Crippen LogP contribution in [0.5, 0.6) is 0 Å². The van der Waals surface area contributed by atoms with Crippen molar-refractivity contribution < 1.29 is 12.8 Å². The molecule has 2 rings (SSSR count). The molecule has 2 unspecified atom stereocenters. The third-order valence-electron chi connectivity index (χ3n) is 3.08. The summed E-state index contributed by atoms with van der Waals surface area (Å²) in [5.41, 5.74) is 0.827. The zero-order chi connectivity index (χ0) is 12.5. The van der Waals surface area contributed by atoms with Crippen molar-refractivity contribution >= 4 is 9.84 Å². The molecule has 1 aromatic rings. The highest BCUT2D eigenvalue weighted by atomic mass is 32.2. The summed E-state index contributed by atoms with van der Waals surface area (Å²) in [6.07, 6.45) is 0.775. The van der Waals surface area contributed by atoms with Crippen molar-refractivity contribution in [2.24, 2.45) is 0 Å². The maximum Gasteiger partial charge on any atom is 0.153 e. The Kier molecular flexibility index (Phi) is 3.49. The molecule has 0 radical (unpaired) electrons. The number of halogens is 1. The number of nitrogens with one attached hydrogen (secondary N) is 1. The molecule has 0 bridgehead atoms. The molecule has 2 atom stereocenters. The fourth-order valence-corrected chi connectivity index (χ4v) is 4.01. The molecule has 1 saturated heterocycles. The van der Waals surface area contributed by atoms with Gasteiger partial charge in [-0.15, -0.1) is 0 Å². The predicted octanol–water partition coefficient (Wildman–Crippen LogP) is 1.66. The highest BCUT2D eigenvalue weighted by Crippen LogP contribution is 2.22. The Morgan fingerprint density at radius 1 is 1.29 bits per heavy atom. The standard InChI is InChI=1S/C12H16FNO2S/c1-2-11-7-17(15,16)8-12(14-11)9-3-5-10(13)6-4-9/h3-6,11-12,14H,2,7-8H2,1H3. The van der Waals surface area contributed by atoms with E-state index in [2.05, 4.69) is 5.32 Å². The molecule has 0 aromatic heterocycles. The van der Waals surface area contributed by atoms with Crippen molar-refractivity contribution in [1.82, 2.24) is 5.32 Å². The van der Waals surface area contributed by atoms with Crippen LogP contribution in [0.1, 0.15) is 24.9 Å². The van der Waals surface area contributed by atoms with Gasteiger partial charge in [0.2, 0.25) is 0 Å². The summed E-state index contributed by atoms with van der Waals surface area (Å²) < 4.78 is 36.3. The normalized spacial score (nSPS) is 27.9. The molecule has 1 aliphatic heterocycles. The topological polar surface area (TPSA) is 46.2 Å². The number of sulfone groups is 1. The molecule has 1 aromatic carbocycles. The van der Waals surface area contributed by atoms with Gasteiger partial charge in [0.15, 0.2) is 9.84 Å². The van der Waals surface area contributed by atoms with Gasteiger partial charge < -0.3 is 5.32 Å². The van der Waals surface area contributed by atoms with Crippen molar-refractivity contribution in [3.05, 3.63) is 35.6 Å². The Morgan fingerprint density at radius 3 is 2.53 bits per heavy atom. The fraction of sp³-hybridized carbons (Fsp3) is 0.500. The van der Waals surface area contributed by atoms with E-state index in [0.717, 1.165) is 12.0 Å². The second-order valence-corrected chi connectivity index (χ2v) is 6.61. The van der Waals surface area contributed by atoms with Gasteiger partial charge in [-0.25, -0.2) is 12.8 Å². The summed E-state index contributed by atoms with van der Waals surface area (Å²) in [5.74, 6) is -0.0180. The molecule has 5 heteroatoms. The van der Waals surface area contributed by atoms with Crippen LogP contribution in [0.15, 0.2) is 24.3 Å². The second-order valence-electron chi connectivity index (χ2n) is 4.45. The minimum atomic E-state index is -3.01.